The van der Waals surface area contributed by atoms with Crippen molar-refractivity contribution in [2.24, 2.45) is 0 Å². The van der Waals surface area contributed by atoms with Crippen molar-refractivity contribution in [3.63, 3.8) is 0 Å². The molecule has 1 aliphatic heterocycles. The van der Waals surface area contributed by atoms with E-state index in [1.54, 1.807) is 4.90 Å². The van der Waals surface area contributed by atoms with Crippen LogP contribution < -0.4 is 5.32 Å². The maximum atomic E-state index is 13.0. The zero-order valence-corrected chi connectivity index (χ0v) is 14.9. The minimum absolute atomic E-state index is 0.0838. The van der Waals surface area contributed by atoms with Gasteiger partial charge in [0.1, 0.15) is 0 Å². The number of hydrogen-bond acceptors (Lipinski definition) is 2. The first-order chi connectivity index (χ1) is 13.5. The summed E-state index contributed by atoms with van der Waals surface area (Å²) in [7, 11) is 0. The normalized spacial score (nSPS) is 15.3. The summed E-state index contributed by atoms with van der Waals surface area (Å²) >= 11 is 0. The number of carbonyl (C=O) groups is 1. The molecule has 10 heteroatoms. The van der Waals surface area contributed by atoms with Crippen molar-refractivity contribution in [3.8, 4) is 11.1 Å². The van der Waals surface area contributed by atoms with Crippen molar-refractivity contribution >= 4 is 11.7 Å². The number of morpholine rings is 1. The molecule has 1 aliphatic rings. The lowest BCUT2D eigenvalue weighted by Crippen LogP contribution is -2.43. The number of benzene rings is 2. The highest BCUT2D eigenvalue weighted by atomic mass is 19.4. The summed E-state index contributed by atoms with van der Waals surface area (Å²) in [6.07, 6.45) is -9.83. The van der Waals surface area contributed by atoms with E-state index in [0.717, 1.165) is 0 Å². The van der Waals surface area contributed by atoms with Crippen molar-refractivity contribution in [2.45, 2.75) is 12.4 Å². The summed E-state index contributed by atoms with van der Waals surface area (Å²) in [5.74, 6) is 0. The van der Waals surface area contributed by atoms with Crippen molar-refractivity contribution in [2.75, 3.05) is 31.6 Å². The molecule has 2 aromatic carbocycles. The lowest BCUT2D eigenvalue weighted by Gasteiger charge is -2.26. The van der Waals surface area contributed by atoms with Gasteiger partial charge in [-0.25, -0.2) is 4.79 Å². The second-order valence-corrected chi connectivity index (χ2v) is 6.40. The van der Waals surface area contributed by atoms with Crippen LogP contribution in [0, 0.1) is 0 Å². The molecular formula is C19H16F6N2O2. The number of nitrogens with one attached hydrogen (secondary N) is 1. The number of carbonyl (C=O) groups excluding carboxylic acids is 1. The summed E-state index contributed by atoms with van der Waals surface area (Å²) in [5, 5.41) is 2.63. The van der Waals surface area contributed by atoms with Crippen LogP contribution in [0.25, 0.3) is 11.1 Å². The monoisotopic (exact) mass is 418 g/mol. The Labute approximate surface area is 162 Å². The molecule has 2 amide bonds. The first-order valence-corrected chi connectivity index (χ1v) is 8.57. The SMILES string of the molecule is O=C(Nc1ccc(-c2cc(C(F)(F)F)cc(C(F)(F)F)c2)cc1)N1CCOCC1. The van der Waals surface area contributed by atoms with Gasteiger partial charge in [0, 0.05) is 18.8 Å². The molecule has 0 saturated carbocycles. The largest absolute Gasteiger partial charge is 0.416 e. The van der Waals surface area contributed by atoms with Crippen LogP contribution in [-0.4, -0.2) is 37.2 Å². The predicted octanol–water partition coefficient (Wildman–Crippen LogP) is 5.26. The van der Waals surface area contributed by atoms with Crippen molar-refractivity contribution in [1.82, 2.24) is 4.90 Å². The molecular weight excluding hydrogens is 402 g/mol. The first kappa shape index (κ1) is 21.0. The first-order valence-electron chi connectivity index (χ1n) is 8.57. The average molecular weight is 418 g/mol. The summed E-state index contributed by atoms with van der Waals surface area (Å²) in [6.45, 7) is 1.69. The molecule has 1 saturated heterocycles. The van der Waals surface area contributed by atoms with Crippen LogP contribution in [-0.2, 0) is 17.1 Å². The van der Waals surface area contributed by atoms with Crippen LogP contribution in [0.15, 0.2) is 42.5 Å². The van der Waals surface area contributed by atoms with Gasteiger partial charge in [-0.1, -0.05) is 12.1 Å². The number of anilines is 1. The average Bonchev–Trinajstić information content (AvgIpc) is 2.67. The number of rotatable bonds is 2. The molecule has 0 radical (unpaired) electrons. The van der Waals surface area contributed by atoms with E-state index in [0.29, 0.717) is 44.1 Å². The smallest absolute Gasteiger partial charge is 0.378 e. The van der Waals surface area contributed by atoms with Crippen LogP contribution in [0.2, 0.25) is 0 Å². The Bertz CT molecular complexity index is 839. The molecule has 29 heavy (non-hydrogen) atoms. The van der Waals surface area contributed by atoms with Gasteiger partial charge in [-0.05, 0) is 41.5 Å². The van der Waals surface area contributed by atoms with Crippen molar-refractivity contribution in [3.05, 3.63) is 53.6 Å². The fraction of sp³-hybridized carbons (Fsp3) is 0.316. The highest BCUT2D eigenvalue weighted by molar-refractivity contribution is 5.89. The number of halogens is 6. The molecule has 0 spiro atoms. The van der Waals surface area contributed by atoms with Crippen LogP contribution >= 0.6 is 0 Å². The molecule has 2 aromatic rings. The molecule has 0 bridgehead atoms. The van der Waals surface area contributed by atoms with Crippen molar-refractivity contribution in [1.29, 1.82) is 0 Å². The molecule has 3 rings (SSSR count). The van der Waals surface area contributed by atoms with Crippen LogP contribution in [0.3, 0.4) is 0 Å². The third-order valence-electron chi connectivity index (χ3n) is 4.36. The van der Waals surface area contributed by atoms with E-state index >= 15 is 0 Å². The lowest BCUT2D eigenvalue weighted by atomic mass is 9.99. The van der Waals surface area contributed by atoms with Gasteiger partial charge in [-0.2, -0.15) is 26.3 Å². The van der Waals surface area contributed by atoms with E-state index < -0.39 is 23.5 Å². The number of nitrogens with zero attached hydrogens (tertiary/aromatic N) is 1. The van der Waals surface area contributed by atoms with Gasteiger partial charge in [0.15, 0.2) is 0 Å². The summed E-state index contributed by atoms with van der Waals surface area (Å²) in [4.78, 5) is 13.7. The van der Waals surface area contributed by atoms with E-state index in [1.165, 1.54) is 24.3 Å². The lowest BCUT2D eigenvalue weighted by molar-refractivity contribution is -0.143. The molecule has 0 aliphatic carbocycles. The minimum Gasteiger partial charge on any atom is -0.378 e. The molecule has 1 fully saturated rings. The second kappa shape index (κ2) is 7.94. The second-order valence-electron chi connectivity index (χ2n) is 6.40. The molecule has 0 unspecified atom stereocenters. The Hall–Kier alpha value is -2.75. The molecule has 1 heterocycles. The fourth-order valence-corrected chi connectivity index (χ4v) is 2.84. The Morgan fingerprint density at radius 1 is 0.828 bits per heavy atom. The molecule has 156 valence electrons. The van der Waals surface area contributed by atoms with Crippen molar-refractivity contribution < 1.29 is 35.9 Å². The fourth-order valence-electron chi connectivity index (χ4n) is 2.84. The maximum absolute atomic E-state index is 13.0. The zero-order chi connectivity index (χ0) is 21.2. The van der Waals surface area contributed by atoms with E-state index in [9.17, 15) is 31.1 Å². The standard InChI is InChI=1S/C19H16F6N2O2/c20-18(21,22)14-9-13(10-15(11-14)19(23,24)25)12-1-3-16(4-2-12)26-17(28)27-5-7-29-8-6-27/h1-4,9-11H,5-8H2,(H,26,28). The highest BCUT2D eigenvalue weighted by Gasteiger charge is 2.37. The molecule has 4 nitrogen and oxygen atoms in total. The Kier molecular flexibility index (Phi) is 5.74. The van der Waals surface area contributed by atoms with E-state index in [1.807, 2.05) is 0 Å². The van der Waals surface area contributed by atoms with Gasteiger partial charge >= 0.3 is 18.4 Å². The number of ether oxygens (including phenoxy) is 1. The van der Waals surface area contributed by atoms with Crippen LogP contribution in [0.4, 0.5) is 36.8 Å². The third kappa shape index (κ3) is 5.20. The molecule has 0 atom stereocenters. The van der Waals surface area contributed by atoms with Gasteiger partial charge in [0.25, 0.3) is 0 Å². The van der Waals surface area contributed by atoms with E-state index in [-0.39, 0.29) is 23.2 Å². The number of urea groups is 1. The Morgan fingerprint density at radius 2 is 1.34 bits per heavy atom. The number of hydrogen-bond donors (Lipinski definition) is 1. The third-order valence-corrected chi connectivity index (χ3v) is 4.36. The van der Waals surface area contributed by atoms with Gasteiger partial charge in [0.05, 0.1) is 24.3 Å². The number of amides is 2. The number of alkyl halides is 6. The minimum atomic E-state index is -4.91. The van der Waals surface area contributed by atoms with Crippen LogP contribution in [0.5, 0.6) is 0 Å². The summed E-state index contributed by atoms with van der Waals surface area (Å²) < 4.78 is 83.2. The Balaban J connectivity index is 1.84. The quantitative estimate of drug-likeness (QED) is 0.677. The van der Waals surface area contributed by atoms with Gasteiger partial charge in [0.2, 0.25) is 0 Å². The summed E-state index contributed by atoms with van der Waals surface area (Å²) in [5.41, 5.74) is -2.46. The molecule has 1 N–H and O–H groups in total. The van der Waals surface area contributed by atoms with Gasteiger partial charge in [-0.3, -0.25) is 0 Å². The van der Waals surface area contributed by atoms with Crippen LogP contribution in [0.1, 0.15) is 11.1 Å². The van der Waals surface area contributed by atoms with Gasteiger partial charge < -0.3 is 15.0 Å². The molecule has 0 aromatic heterocycles. The van der Waals surface area contributed by atoms with E-state index in [2.05, 4.69) is 5.32 Å². The predicted molar refractivity (Wildman–Crippen MR) is 93.3 cm³/mol. The maximum Gasteiger partial charge on any atom is 0.416 e. The topological polar surface area (TPSA) is 41.6 Å². The Morgan fingerprint density at radius 3 is 1.83 bits per heavy atom. The zero-order valence-electron chi connectivity index (χ0n) is 14.9. The highest BCUT2D eigenvalue weighted by Crippen LogP contribution is 2.38. The summed E-state index contributed by atoms with van der Waals surface area (Å²) in [6, 6.07) is 6.59. The van der Waals surface area contributed by atoms with E-state index in [4.69, 9.17) is 4.74 Å². The van der Waals surface area contributed by atoms with Gasteiger partial charge in [-0.15, -0.1) is 0 Å².